The number of hydrogen-bond donors (Lipinski definition) is 1. The Morgan fingerprint density at radius 1 is 1.18 bits per heavy atom. The first kappa shape index (κ1) is 18.0. The number of benzene rings is 1. The third-order valence-electron chi connectivity index (χ3n) is 4.08. The number of fused-ring (bicyclic) bond motifs is 1. The molecule has 0 fully saturated rings. The normalized spacial score (nSPS) is 13.0. The van der Waals surface area contributed by atoms with Crippen molar-refractivity contribution in [1.82, 2.24) is 10.3 Å². The van der Waals surface area contributed by atoms with Crippen LogP contribution in [0, 0.1) is 0 Å². The lowest BCUT2D eigenvalue weighted by molar-refractivity contribution is -0.130. The molecule has 1 aliphatic rings. The summed E-state index contributed by atoms with van der Waals surface area (Å²) in [6.07, 6.45) is 2.00. The molecule has 7 nitrogen and oxygen atoms in total. The summed E-state index contributed by atoms with van der Waals surface area (Å²) in [7, 11) is 0. The summed E-state index contributed by atoms with van der Waals surface area (Å²) < 4.78 is 16.1. The van der Waals surface area contributed by atoms with Crippen molar-refractivity contribution in [3.8, 4) is 11.5 Å². The van der Waals surface area contributed by atoms with Crippen LogP contribution in [0.4, 0.5) is 0 Å². The van der Waals surface area contributed by atoms with Gasteiger partial charge in [0.25, 0.3) is 5.91 Å². The zero-order chi connectivity index (χ0) is 19.3. The Bertz CT molecular complexity index is 976. The second kappa shape index (κ2) is 8.10. The van der Waals surface area contributed by atoms with E-state index in [0.717, 1.165) is 5.56 Å². The molecule has 1 aliphatic heterocycles. The Morgan fingerprint density at radius 2 is 2.07 bits per heavy atom. The summed E-state index contributed by atoms with van der Waals surface area (Å²) in [6.45, 7) is 0.440. The number of ether oxygens (including phenoxy) is 3. The molecule has 142 valence electrons. The minimum absolute atomic E-state index is 0.187. The van der Waals surface area contributed by atoms with Gasteiger partial charge in [0.15, 0.2) is 11.5 Å². The fourth-order valence-electron chi connectivity index (χ4n) is 2.70. The summed E-state index contributed by atoms with van der Waals surface area (Å²) in [6, 6.07) is 12.2. The molecule has 0 radical (unpaired) electrons. The highest BCUT2D eigenvalue weighted by atomic mass is 32.1. The van der Waals surface area contributed by atoms with E-state index in [1.54, 1.807) is 48.0 Å². The highest BCUT2D eigenvalue weighted by Crippen LogP contribution is 2.32. The molecule has 0 saturated carbocycles. The minimum atomic E-state index is -1.10. The molecule has 1 aromatic carbocycles. The number of pyridine rings is 1. The Kier molecular flexibility index (Phi) is 5.20. The number of amides is 1. The second-order valence-electron chi connectivity index (χ2n) is 5.95. The van der Waals surface area contributed by atoms with Crippen molar-refractivity contribution in [2.24, 2.45) is 0 Å². The van der Waals surface area contributed by atoms with Crippen molar-refractivity contribution >= 4 is 23.2 Å². The molecule has 0 spiro atoms. The van der Waals surface area contributed by atoms with Crippen molar-refractivity contribution in [2.45, 2.75) is 12.6 Å². The van der Waals surface area contributed by atoms with Gasteiger partial charge < -0.3 is 19.5 Å². The van der Waals surface area contributed by atoms with Gasteiger partial charge in [-0.3, -0.25) is 9.78 Å². The summed E-state index contributed by atoms with van der Waals surface area (Å²) in [4.78, 5) is 29.6. The molecule has 1 N–H and O–H groups in total. The highest BCUT2D eigenvalue weighted by Gasteiger charge is 2.26. The molecule has 0 saturated heterocycles. The van der Waals surface area contributed by atoms with Crippen LogP contribution in [0.15, 0.2) is 60.2 Å². The Hall–Kier alpha value is -3.39. The number of rotatable bonds is 6. The van der Waals surface area contributed by atoms with E-state index in [4.69, 9.17) is 14.2 Å². The SMILES string of the molecule is O=C(OC(C(=O)NCc1ccc2c(c1)OCO2)c1cccnc1)c1cccs1. The average molecular weight is 396 g/mol. The van der Waals surface area contributed by atoms with E-state index in [1.165, 1.54) is 17.5 Å². The maximum Gasteiger partial charge on any atom is 0.349 e. The van der Waals surface area contributed by atoms with Gasteiger partial charge in [-0.25, -0.2) is 4.79 Å². The van der Waals surface area contributed by atoms with Gasteiger partial charge in [-0.05, 0) is 35.2 Å². The van der Waals surface area contributed by atoms with Gasteiger partial charge in [0.2, 0.25) is 12.9 Å². The number of carbonyl (C=O) groups is 2. The third kappa shape index (κ3) is 3.96. The van der Waals surface area contributed by atoms with E-state index in [9.17, 15) is 9.59 Å². The van der Waals surface area contributed by atoms with E-state index in [0.29, 0.717) is 21.9 Å². The van der Waals surface area contributed by atoms with Crippen LogP contribution in [0.25, 0.3) is 0 Å². The van der Waals surface area contributed by atoms with Crippen LogP contribution in [0.1, 0.15) is 26.9 Å². The summed E-state index contributed by atoms with van der Waals surface area (Å²) in [5.41, 5.74) is 1.34. The molecule has 8 heteroatoms. The van der Waals surface area contributed by atoms with Gasteiger partial charge in [0.1, 0.15) is 4.88 Å². The summed E-state index contributed by atoms with van der Waals surface area (Å²) in [5, 5.41) is 4.58. The molecule has 3 aromatic rings. The molecular weight excluding hydrogens is 380 g/mol. The quantitative estimate of drug-likeness (QED) is 0.645. The maximum atomic E-state index is 12.8. The van der Waals surface area contributed by atoms with Crippen molar-refractivity contribution < 1.29 is 23.8 Å². The van der Waals surface area contributed by atoms with Gasteiger partial charge in [-0.15, -0.1) is 11.3 Å². The predicted octanol–water partition coefficient (Wildman–Crippen LogP) is 3.09. The highest BCUT2D eigenvalue weighted by molar-refractivity contribution is 7.11. The first-order valence-corrected chi connectivity index (χ1v) is 9.39. The van der Waals surface area contributed by atoms with E-state index in [-0.39, 0.29) is 13.3 Å². The number of nitrogens with zero attached hydrogens (tertiary/aromatic N) is 1. The fraction of sp³-hybridized carbons (Fsp3) is 0.150. The second-order valence-corrected chi connectivity index (χ2v) is 6.90. The standard InChI is InChI=1S/C20H16N2O5S/c23-19(22-10-13-5-6-15-16(9-13)26-12-25-15)18(14-3-1-7-21-11-14)27-20(24)17-4-2-8-28-17/h1-9,11,18H,10,12H2,(H,22,23). The van der Waals surface area contributed by atoms with Crippen LogP contribution in [-0.2, 0) is 16.1 Å². The average Bonchev–Trinajstić information content (AvgIpc) is 3.42. The molecule has 0 aliphatic carbocycles. The van der Waals surface area contributed by atoms with Gasteiger partial charge in [-0.1, -0.05) is 18.2 Å². The molecule has 3 heterocycles. The van der Waals surface area contributed by atoms with Crippen LogP contribution >= 0.6 is 11.3 Å². The molecule has 4 rings (SSSR count). The predicted molar refractivity (Wildman–Crippen MR) is 101 cm³/mol. The lowest BCUT2D eigenvalue weighted by atomic mass is 10.1. The lowest BCUT2D eigenvalue weighted by Gasteiger charge is -2.17. The van der Waals surface area contributed by atoms with Crippen molar-refractivity contribution in [1.29, 1.82) is 0 Å². The number of thiophene rings is 1. The molecule has 28 heavy (non-hydrogen) atoms. The monoisotopic (exact) mass is 396 g/mol. The Labute approximate surface area is 164 Å². The topological polar surface area (TPSA) is 86.8 Å². The van der Waals surface area contributed by atoms with Crippen LogP contribution < -0.4 is 14.8 Å². The van der Waals surface area contributed by atoms with Gasteiger partial charge >= 0.3 is 5.97 Å². The first-order valence-electron chi connectivity index (χ1n) is 8.51. The Balaban J connectivity index is 1.47. The van der Waals surface area contributed by atoms with E-state index < -0.39 is 18.0 Å². The number of esters is 1. The molecule has 1 amide bonds. The molecule has 2 aromatic heterocycles. The van der Waals surface area contributed by atoms with E-state index in [1.807, 2.05) is 6.07 Å². The largest absolute Gasteiger partial charge is 0.454 e. The number of aromatic nitrogens is 1. The Morgan fingerprint density at radius 3 is 2.86 bits per heavy atom. The van der Waals surface area contributed by atoms with Crippen LogP contribution in [0.5, 0.6) is 11.5 Å². The van der Waals surface area contributed by atoms with Crippen molar-refractivity contribution in [3.63, 3.8) is 0 Å². The molecule has 0 bridgehead atoms. The first-order chi connectivity index (χ1) is 13.7. The molecule has 1 unspecified atom stereocenters. The molecular formula is C20H16N2O5S. The lowest BCUT2D eigenvalue weighted by Crippen LogP contribution is -2.31. The maximum absolute atomic E-state index is 12.8. The number of nitrogens with one attached hydrogen (secondary N) is 1. The van der Waals surface area contributed by atoms with Gasteiger partial charge in [0.05, 0.1) is 0 Å². The van der Waals surface area contributed by atoms with E-state index in [2.05, 4.69) is 10.3 Å². The van der Waals surface area contributed by atoms with Crippen LogP contribution in [-0.4, -0.2) is 23.7 Å². The van der Waals surface area contributed by atoms with Crippen LogP contribution in [0.3, 0.4) is 0 Å². The van der Waals surface area contributed by atoms with Gasteiger partial charge in [-0.2, -0.15) is 0 Å². The van der Waals surface area contributed by atoms with Gasteiger partial charge in [0, 0.05) is 24.5 Å². The summed E-state index contributed by atoms with van der Waals surface area (Å²) in [5.74, 6) is 0.325. The molecule has 1 atom stereocenters. The minimum Gasteiger partial charge on any atom is -0.454 e. The fourth-order valence-corrected chi connectivity index (χ4v) is 3.30. The number of carbonyl (C=O) groups excluding carboxylic acids is 2. The van der Waals surface area contributed by atoms with Crippen molar-refractivity contribution in [2.75, 3.05) is 6.79 Å². The third-order valence-corrected chi connectivity index (χ3v) is 4.93. The van der Waals surface area contributed by atoms with E-state index >= 15 is 0 Å². The van der Waals surface area contributed by atoms with Crippen molar-refractivity contribution in [3.05, 3.63) is 76.2 Å². The zero-order valence-corrected chi connectivity index (χ0v) is 15.5. The number of hydrogen-bond acceptors (Lipinski definition) is 7. The summed E-state index contributed by atoms with van der Waals surface area (Å²) >= 11 is 1.25. The smallest absolute Gasteiger partial charge is 0.349 e. The zero-order valence-electron chi connectivity index (χ0n) is 14.7. The van der Waals surface area contributed by atoms with Crippen LogP contribution in [0.2, 0.25) is 0 Å².